The van der Waals surface area contributed by atoms with Crippen molar-refractivity contribution < 1.29 is 4.92 Å². The van der Waals surface area contributed by atoms with E-state index in [-0.39, 0.29) is 5.69 Å². The van der Waals surface area contributed by atoms with E-state index in [0.29, 0.717) is 18.4 Å². The fraction of sp³-hybridized carbons (Fsp3) is 0.235. The Balaban J connectivity index is 2.00. The minimum atomic E-state index is -0.426. The molecule has 0 bridgehead atoms. The molecule has 0 aliphatic rings. The molecule has 0 aromatic heterocycles. The molecule has 0 unspecified atom stereocenters. The number of non-ortho nitro benzene ring substituents is 1. The Hall–Kier alpha value is -2.89. The van der Waals surface area contributed by atoms with E-state index in [9.17, 15) is 10.1 Å². The van der Waals surface area contributed by atoms with Gasteiger partial charge in [0, 0.05) is 17.8 Å². The smallest absolute Gasteiger partial charge is 0.269 e. The predicted octanol–water partition coefficient (Wildman–Crippen LogP) is 3.65. The van der Waals surface area contributed by atoms with Crippen LogP contribution in [-0.2, 0) is 6.54 Å². The van der Waals surface area contributed by atoms with E-state index in [1.165, 1.54) is 17.7 Å². The number of nitrogens with zero attached hydrogens (tertiary/aromatic N) is 2. The molecule has 2 aromatic rings. The van der Waals surface area contributed by atoms with Crippen LogP contribution < -0.4 is 11.1 Å². The van der Waals surface area contributed by atoms with Crippen LogP contribution >= 0.6 is 0 Å². The lowest BCUT2D eigenvalue weighted by Gasteiger charge is -2.10. The second-order valence-corrected chi connectivity index (χ2v) is 5.53. The lowest BCUT2D eigenvalue weighted by Crippen LogP contribution is -2.22. The highest BCUT2D eigenvalue weighted by Gasteiger charge is 2.04. The zero-order valence-corrected chi connectivity index (χ0v) is 13.2. The van der Waals surface area contributed by atoms with Crippen LogP contribution in [0, 0.1) is 10.1 Å². The highest BCUT2D eigenvalue weighted by atomic mass is 16.6. The summed E-state index contributed by atoms with van der Waals surface area (Å²) >= 11 is 0. The first kappa shape index (κ1) is 16.5. The Morgan fingerprint density at radius 1 is 1.26 bits per heavy atom. The third kappa shape index (κ3) is 4.81. The van der Waals surface area contributed by atoms with Crippen molar-refractivity contribution in [1.29, 1.82) is 0 Å². The largest absolute Gasteiger partial charge is 0.370 e. The molecule has 6 heteroatoms. The van der Waals surface area contributed by atoms with Crippen LogP contribution in [0.2, 0.25) is 0 Å². The molecule has 0 aliphatic carbocycles. The third-order valence-electron chi connectivity index (χ3n) is 3.40. The third-order valence-corrected chi connectivity index (χ3v) is 3.40. The molecular weight excluding hydrogens is 292 g/mol. The van der Waals surface area contributed by atoms with Gasteiger partial charge in [-0.2, -0.15) is 0 Å². The number of nitro benzene ring substituents is 1. The maximum Gasteiger partial charge on any atom is 0.269 e. The first-order valence-electron chi connectivity index (χ1n) is 7.36. The molecule has 0 aliphatic heterocycles. The van der Waals surface area contributed by atoms with Gasteiger partial charge in [-0.3, -0.25) is 10.1 Å². The molecule has 0 radical (unpaired) electrons. The van der Waals surface area contributed by atoms with Crippen molar-refractivity contribution in [2.45, 2.75) is 26.3 Å². The summed E-state index contributed by atoms with van der Waals surface area (Å²) in [5.74, 6) is 0.749. The Labute approximate surface area is 135 Å². The fourth-order valence-electron chi connectivity index (χ4n) is 2.06. The van der Waals surface area contributed by atoms with Crippen LogP contribution in [0.3, 0.4) is 0 Å². The van der Waals surface area contributed by atoms with Gasteiger partial charge in [-0.15, -0.1) is 0 Å². The second kappa shape index (κ2) is 7.40. The topological polar surface area (TPSA) is 93.5 Å². The first-order chi connectivity index (χ1) is 11.0. The van der Waals surface area contributed by atoms with E-state index < -0.39 is 4.92 Å². The Morgan fingerprint density at radius 2 is 1.96 bits per heavy atom. The summed E-state index contributed by atoms with van der Waals surface area (Å²) in [6, 6.07) is 14.3. The number of hydrogen-bond acceptors (Lipinski definition) is 3. The van der Waals surface area contributed by atoms with Gasteiger partial charge >= 0.3 is 0 Å². The molecule has 0 atom stereocenters. The molecule has 3 N–H and O–H groups in total. The summed E-state index contributed by atoms with van der Waals surface area (Å²) in [5, 5.41) is 13.7. The number of nitro groups is 1. The Morgan fingerprint density at radius 3 is 2.57 bits per heavy atom. The molecule has 0 fully saturated rings. The summed E-state index contributed by atoms with van der Waals surface area (Å²) in [4.78, 5) is 14.4. The van der Waals surface area contributed by atoms with Gasteiger partial charge in [-0.25, -0.2) is 4.99 Å². The van der Waals surface area contributed by atoms with Crippen molar-refractivity contribution in [2.24, 2.45) is 10.7 Å². The number of guanidine groups is 1. The average Bonchev–Trinajstić information content (AvgIpc) is 2.53. The van der Waals surface area contributed by atoms with Crippen LogP contribution in [0.5, 0.6) is 0 Å². The maximum absolute atomic E-state index is 10.6. The average molecular weight is 312 g/mol. The zero-order valence-electron chi connectivity index (χ0n) is 13.2. The van der Waals surface area contributed by atoms with Crippen LogP contribution in [0.15, 0.2) is 53.5 Å². The standard InChI is InChI=1S/C17H20N4O2/c1-12(2)14-4-3-5-15(10-14)20-17(18)19-11-13-6-8-16(9-7-13)21(22)23/h3-10,12H,11H2,1-2H3,(H3,18,19,20). The van der Waals surface area contributed by atoms with Gasteiger partial charge in [0.15, 0.2) is 5.96 Å². The lowest BCUT2D eigenvalue weighted by molar-refractivity contribution is -0.384. The minimum absolute atomic E-state index is 0.0642. The molecule has 0 spiro atoms. The molecule has 0 saturated heterocycles. The quantitative estimate of drug-likeness (QED) is 0.381. The summed E-state index contributed by atoms with van der Waals surface area (Å²) < 4.78 is 0. The molecule has 6 nitrogen and oxygen atoms in total. The van der Waals surface area contributed by atoms with E-state index in [4.69, 9.17) is 5.73 Å². The highest BCUT2D eigenvalue weighted by Crippen LogP contribution is 2.18. The molecule has 0 amide bonds. The van der Waals surface area contributed by atoms with Gasteiger partial charge in [0.2, 0.25) is 0 Å². The predicted molar refractivity (Wildman–Crippen MR) is 92.6 cm³/mol. The van der Waals surface area contributed by atoms with Crippen molar-refractivity contribution in [3.8, 4) is 0 Å². The molecule has 120 valence electrons. The summed E-state index contributed by atoms with van der Waals surface area (Å²) in [6.45, 7) is 4.62. The van der Waals surface area contributed by atoms with Crippen molar-refractivity contribution in [3.05, 3.63) is 69.8 Å². The van der Waals surface area contributed by atoms with Crippen molar-refractivity contribution in [3.63, 3.8) is 0 Å². The summed E-state index contributed by atoms with van der Waals surface area (Å²) in [6.07, 6.45) is 0. The van der Waals surface area contributed by atoms with Crippen molar-refractivity contribution >= 4 is 17.3 Å². The molecule has 2 rings (SSSR count). The van der Waals surface area contributed by atoms with Crippen molar-refractivity contribution in [1.82, 2.24) is 0 Å². The SMILES string of the molecule is CC(C)c1cccc(NC(N)=NCc2ccc([N+](=O)[O-])cc2)c1. The van der Waals surface area contributed by atoms with Gasteiger partial charge in [-0.1, -0.05) is 38.1 Å². The Bertz CT molecular complexity index is 709. The normalized spacial score (nSPS) is 11.5. The van der Waals surface area contributed by atoms with E-state index in [0.717, 1.165) is 11.3 Å². The minimum Gasteiger partial charge on any atom is -0.370 e. The van der Waals surface area contributed by atoms with E-state index >= 15 is 0 Å². The number of hydrogen-bond donors (Lipinski definition) is 2. The maximum atomic E-state index is 10.6. The van der Waals surface area contributed by atoms with E-state index in [2.05, 4.69) is 30.2 Å². The molecular formula is C17H20N4O2. The molecule has 0 saturated carbocycles. The number of aliphatic imine (C=N–C) groups is 1. The molecule has 2 aromatic carbocycles. The number of benzene rings is 2. The van der Waals surface area contributed by atoms with Crippen LogP contribution in [-0.4, -0.2) is 10.9 Å². The molecule has 0 heterocycles. The van der Waals surface area contributed by atoms with E-state index in [1.54, 1.807) is 12.1 Å². The van der Waals surface area contributed by atoms with Crippen LogP contribution in [0.4, 0.5) is 11.4 Å². The highest BCUT2D eigenvalue weighted by molar-refractivity contribution is 5.92. The second-order valence-electron chi connectivity index (χ2n) is 5.53. The van der Waals surface area contributed by atoms with Gasteiger partial charge in [0.1, 0.15) is 0 Å². The monoisotopic (exact) mass is 312 g/mol. The Kier molecular flexibility index (Phi) is 5.30. The number of rotatable bonds is 5. The summed E-state index contributed by atoms with van der Waals surface area (Å²) in [7, 11) is 0. The van der Waals surface area contributed by atoms with E-state index in [1.807, 2.05) is 18.2 Å². The van der Waals surface area contributed by atoms with Crippen molar-refractivity contribution in [2.75, 3.05) is 5.32 Å². The number of nitrogens with two attached hydrogens (primary N) is 1. The van der Waals surface area contributed by atoms with Gasteiger partial charge in [-0.05, 0) is 29.2 Å². The first-order valence-corrected chi connectivity index (χ1v) is 7.36. The summed E-state index contributed by atoms with van der Waals surface area (Å²) in [5.41, 5.74) is 8.92. The lowest BCUT2D eigenvalue weighted by atomic mass is 10.0. The van der Waals surface area contributed by atoms with Crippen LogP contribution in [0.25, 0.3) is 0 Å². The number of nitrogens with one attached hydrogen (secondary N) is 1. The van der Waals surface area contributed by atoms with Crippen LogP contribution in [0.1, 0.15) is 30.9 Å². The molecule has 23 heavy (non-hydrogen) atoms. The van der Waals surface area contributed by atoms with Gasteiger partial charge in [0.25, 0.3) is 5.69 Å². The van der Waals surface area contributed by atoms with Gasteiger partial charge < -0.3 is 11.1 Å². The number of anilines is 1. The fourth-order valence-corrected chi connectivity index (χ4v) is 2.06. The van der Waals surface area contributed by atoms with Gasteiger partial charge in [0.05, 0.1) is 11.5 Å². The zero-order chi connectivity index (χ0) is 16.8.